The lowest BCUT2D eigenvalue weighted by Crippen LogP contribution is -2.34. The van der Waals surface area contributed by atoms with Gasteiger partial charge in [-0.3, -0.25) is 4.90 Å². The molecule has 1 N–H and O–H groups in total. The molecule has 1 aromatic carbocycles. The van der Waals surface area contributed by atoms with Crippen LogP contribution >= 0.6 is 0 Å². The summed E-state index contributed by atoms with van der Waals surface area (Å²) in [5.41, 5.74) is 3.79. The van der Waals surface area contributed by atoms with Crippen LogP contribution in [0.2, 0.25) is 0 Å². The Morgan fingerprint density at radius 2 is 2.22 bits per heavy atom. The Labute approximate surface area is 136 Å². The molecule has 4 rings (SSSR count). The first-order chi connectivity index (χ1) is 11.3. The van der Waals surface area contributed by atoms with E-state index in [1.165, 1.54) is 41.5 Å². The van der Waals surface area contributed by atoms with Gasteiger partial charge in [0.25, 0.3) is 0 Å². The number of nitrogens with one attached hydrogen (secondary N) is 1. The van der Waals surface area contributed by atoms with E-state index in [9.17, 15) is 0 Å². The molecule has 1 unspecified atom stereocenters. The van der Waals surface area contributed by atoms with Crippen LogP contribution in [-0.2, 0) is 6.54 Å². The van der Waals surface area contributed by atoms with Gasteiger partial charge in [0.1, 0.15) is 5.82 Å². The Morgan fingerprint density at radius 1 is 1.26 bits per heavy atom. The van der Waals surface area contributed by atoms with E-state index < -0.39 is 0 Å². The minimum absolute atomic E-state index is 0.529. The molecule has 0 bridgehead atoms. The lowest BCUT2D eigenvalue weighted by atomic mass is 9.94. The summed E-state index contributed by atoms with van der Waals surface area (Å²) in [6.07, 6.45) is 6.35. The van der Waals surface area contributed by atoms with Crippen molar-refractivity contribution in [3.63, 3.8) is 0 Å². The number of piperidine rings is 1. The Hall–Kier alpha value is -2.20. The molecule has 0 radical (unpaired) electrons. The molecule has 2 aromatic heterocycles. The molecule has 23 heavy (non-hydrogen) atoms. The fourth-order valence-electron chi connectivity index (χ4n) is 3.60. The van der Waals surface area contributed by atoms with Crippen molar-refractivity contribution in [2.45, 2.75) is 32.2 Å². The molecular weight excluding hydrogens is 284 g/mol. The van der Waals surface area contributed by atoms with Gasteiger partial charge in [0.15, 0.2) is 0 Å². The van der Waals surface area contributed by atoms with Crippen molar-refractivity contribution in [1.29, 1.82) is 0 Å². The van der Waals surface area contributed by atoms with E-state index in [-0.39, 0.29) is 0 Å². The zero-order valence-corrected chi connectivity index (χ0v) is 13.5. The number of likely N-dealkylation sites (tertiary alicyclic amines) is 1. The van der Waals surface area contributed by atoms with Gasteiger partial charge in [-0.15, -0.1) is 0 Å². The number of aryl methyl sites for hydroxylation is 1. The Morgan fingerprint density at radius 3 is 3.13 bits per heavy atom. The molecule has 0 amide bonds. The fraction of sp³-hybridized carbons (Fsp3) is 0.368. The zero-order chi connectivity index (χ0) is 15.6. The summed E-state index contributed by atoms with van der Waals surface area (Å²) in [4.78, 5) is 14.7. The number of hydrogen-bond donors (Lipinski definition) is 1. The lowest BCUT2D eigenvalue weighted by molar-refractivity contribution is 0.198. The molecule has 0 aliphatic carbocycles. The highest BCUT2D eigenvalue weighted by atomic mass is 15.1. The lowest BCUT2D eigenvalue weighted by Gasteiger charge is -2.32. The van der Waals surface area contributed by atoms with E-state index in [2.05, 4.69) is 50.2 Å². The van der Waals surface area contributed by atoms with E-state index in [1.54, 1.807) is 0 Å². The molecule has 118 valence electrons. The third kappa shape index (κ3) is 3.13. The summed E-state index contributed by atoms with van der Waals surface area (Å²) >= 11 is 0. The number of H-pyrrole nitrogens is 1. The average molecular weight is 306 g/mol. The third-order valence-corrected chi connectivity index (χ3v) is 4.75. The number of nitrogens with zero attached hydrogens (tertiary/aromatic N) is 3. The Kier molecular flexibility index (Phi) is 3.83. The fourth-order valence-corrected chi connectivity index (χ4v) is 3.60. The first-order valence-electron chi connectivity index (χ1n) is 8.36. The molecule has 1 saturated heterocycles. The molecular formula is C19H22N4. The summed E-state index contributed by atoms with van der Waals surface area (Å²) in [6, 6.07) is 10.9. The van der Waals surface area contributed by atoms with Crippen LogP contribution in [-0.4, -0.2) is 32.9 Å². The first kappa shape index (κ1) is 14.4. The summed E-state index contributed by atoms with van der Waals surface area (Å²) in [5, 5.41) is 1.29. The predicted molar refractivity (Wildman–Crippen MR) is 92.3 cm³/mol. The summed E-state index contributed by atoms with van der Waals surface area (Å²) in [5.74, 6) is 1.40. The minimum Gasteiger partial charge on any atom is -0.361 e. The van der Waals surface area contributed by atoms with Crippen molar-refractivity contribution in [2.24, 2.45) is 0 Å². The van der Waals surface area contributed by atoms with Crippen molar-refractivity contribution in [3.8, 4) is 0 Å². The van der Waals surface area contributed by atoms with Gasteiger partial charge in [-0.05, 0) is 61.5 Å². The predicted octanol–water partition coefficient (Wildman–Crippen LogP) is 3.65. The molecule has 4 heteroatoms. The molecule has 1 fully saturated rings. The minimum atomic E-state index is 0.529. The van der Waals surface area contributed by atoms with Crippen LogP contribution in [0.3, 0.4) is 0 Å². The average Bonchev–Trinajstić information content (AvgIpc) is 3.03. The quantitative estimate of drug-likeness (QED) is 0.803. The molecule has 3 heterocycles. The Bertz CT molecular complexity index is 808. The SMILES string of the molecule is Cc1nccc(C2CCCN(Cc3ccc4[nH]ccc4c3)C2)n1. The van der Waals surface area contributed by atoms with Crippen molar-refractivity contribution >= 4 is 10.9 Å². The molecule has 3 aromatic rings. The van der Waals surface area contributed by atoms with Gasteiger partial charge in [-0.25, -0.2) is 9.97 Å². The van der Waals surface area contributed by atoms with Gasteiger partial charge in [0.2, 0.25) is 0 Å². The van der Waals surface area contributed by atoms with Gasteiger partial charge < -0.3 is 4.98 Å². The van der Waals surface area contributed by atoms with E-state index in [0.717, 1.165) is 18.9 Å². The highest BCUT2D eigenvalue weighted by molar-refractivity contribution is 5.79. The van der Waals surface area contributed by atoms with Crippen molar-refractivity contribution < 1.29 is 0 Å². The number of aromatic amines is 1. The molecule has 1 aliphatic heterocycles. The molecule has 0 saturated carbocycles. The van der Waals surface area contributed by atoms with Crippen molar-refractivity contribution in [2.75, 3.05) is 13.1 Å². The smallest absolute Gasteiger partial charge is 0.125 e. The summed E-state index contributed by atoms with van der Waals surface area (Å²) in [7, 11) is 0. The zero-order valence-electron chi connectivity index (χ0n) is 13.5. The van der Waals surface area contributed by atoms with Crippen LogP contribution in [0.1, 0.15) is 35.8 Å². The number of benzene rings is 1. The normalized spacial score (nSPS) is 19.3. The summed E-state index contributed by atoms with van der Waals surface area (Å²) < 4.78 is 0. The van der Waals surface area contributed by atoms with Gasteiger partial charge in [-0.1, -0.05) is 6.07 Å². The van der Waals surface area contributed by atoms with E-state index in [1.807, 2.05) is 19.3 Å². The van der Waals surface area contributed by atoms with E-state index in [4.69, 9.17) is 0 Å². The van der Waals surface area contributed by atoms with Gasteiger partial charge in [0.05, 0.1) is 0 Å². The largest absolute Gasteiger partial charge is 0.361 e. The van der Waals surface area contributed by atoms with Crippen LogP contribution in [0.4, 0.5) is 0 Å². The maximum absolute atomic E-state index is 4.63. The van der Waals surface area contributed by atoms with Crippen LogP contribution in [0, 0.1) is 6.92 Å². The Balaban J connectivity index is 1.48. The van der Waals surface area contributed by atoms with Crippen LogP contribution in [0.5, 0.6) is 0 Å². The number of fused-ring (bicyclic) bond motifs is 1. The second-order valence-corrected chi connectivity index (χ2v) is 6.50. The molecule has 4 nitrogen and oxygen atoms in total. The topological polar surface area (TPSA) is 44.8 Å². The number of hydrogen-bond acceptors (Lipinski definition) is 3. The molecule has 1 atom stereocenters. The van der Waals surface area contributed by atoms with Gasteiger partial charge >= 0.3 is 0 Å². The van der Waals surface area contributed by atoms with E-state index in [0.29, 0.717) is 5.92 Å². The van der Waals surface area contributed by atoms with Crippen molar-refractivity contribution in [1.82, 2.24) is 19.9 Å². The van der Waals surface area contributed by atoms with E-state index >= 15 is 0 Å². The highest BCUT2D eigenvalue weighted by Gasteiger charge is 2.22. The van der Waals surface area contributed by atoms with Crippen LogP contribution in [0.15, 0.2) is 42.7 Å². The first-order valence-corrected chi connectivity index (χ1v) is 8.36. The third-order valence-electron chi connectivity index (χ3n) is 4.75. The standard InChI is InChI=1S/C19H22N4/c1-14-20-9-7-19(22-14)17-3-2-10-23(13-17)12-15-4-5-18-16(11-15)6-8-21-18/h4-9,11,17,21H,2-3,10,12-13H2,1H3. The maximum Gasteiger partial charge on any atom is 0.125 e. The second kappa shape index (κ2) is 6.13. The number of rotatable bonds is 3. The molecule has 0 spiro atoms. The molecule has 1 aliphatic rings. The highest BCUT2D eigenvalue weighted by Crippen LogP contribution is 2.27. The van der Waals surface area contributed by atoms with Crippen LogP contribution < -0.4 is 0 Å². The van der Waals surface area contributed by atoms with Crippen molar-refractivity contribution in [3.05, 3.63) is 59.8 Å². The van der Waals surface area contributed by atoms with Gasteiger partial charge in [0, 0.05) is 42.6 Å². The number of aromatic nitrogens is 3. The monoisotopic (exact) mass is 306 g/mol. The maximum atomic E-state index is 4.63. The second-order valence-electron chi connectivity index (χ2n) is 6.50. The van der Waals surface area contributed by atoms with Crippen LogP contribution in [0.25, 0.3) is 10.9 Å². The summed E-state index contributed by atoms with van der Waals surface area (Å²) in [6.45, 7) is 5.24. The van der Waals surface area contributed by atoms with Gasteiger partial charge in [-0.2, -0.15) is 0 Å².